The minimum atomic E-state index is 0.299. The first-order valence-electron chi connectivity index (χ1n) is 6.54. The maximum atomic E-state index is 5.97. The molecular weight excluding hydrogens is 258 g/mol. The predicted octanol–water partition coefficient (Wildman–Crippen LogP) is 4.38. The monoisotopic (exact) mass is 275 g/mol. The largest absolute Gasteiger partial charge is 0.326 e. The Morgan fingerprint density at radius 3 is 2.53 bits per heavy atom. The van der Waals surface area contributed by atoms with Gasteiger partial charge in [0.2, 0.25) is 5.28 Å². The average Bonchev–Trinajstić information content (AvgIpc) is 2.39. The Morgan fingerprint density at radius 2 is 1.89 bits per heavy atom. The number of rotatable bonds is 5. The molecule has 4 heteroatoms. The highest BCUT2D eigenvalue weighted by Gasteiger charge is 2.11. The van der Waals surface area contributed by atoms with Crippen molar-refractivity contribution in [2.45, 2.75) is 26.7 Å². The van der Waals surface area contributed by atoms with E-state index in [1.807, 2.05) is 31.2 Å². The molecule has 0 spiro atoms. The lowest BCUT2D eigenvalue weighted by Gasteiger charge is -2.24. The quantitative estimate of drug-likeness (QED) is 0.759. The molecular formula is C15H18ClN3. The fraction of sp³-hybridized carbons (Fsp3) is 0.333. The van der Waals surface area contributed by atoms with Crippen LogP contribution in [0, 0.1) is 6.92 Å². The Morgan fingerprint density at radius 1 is 1.16 bits per heavy atom. The highest BCUT2D eigenvalue weighted by atomic mass is 35.5. The minimum Gasteiger partial charge on any atom is -0.326 e. The van der Waals surface area contributed by atoms with Gasteiger partial charge in [-0.3, -0.25) is 0 Å². The van der Waals surface area contributed by atoms with Gasteiger partial charge in [-0.15, -0.1) is 0 Å². The van der Waals surface area contributed by atoms with Crippen LogP contribution >= 0.6 is 11.6 Å². The summed E-state index contributed by atoms with van der Waals surface area (Å²) in [7, 11) is 0. The number of nitrogens with zero attached hydrogens (tertiary/aromatic N) is 3. The molecule has 0 unspecified atom stereocenters. The Labute approximate surface area is 119 Å². The molecule has 0 amide bonds. The molecule has 1 aromatic heterocycles. The molecule has 19 heavy (non-hydrogen) atoms. The number of hydrogen-bond acceptors (Lipinski definition) is 3. The van der Waals surface area contributed by atoms with Crippen molar-refractivity contribution in [1.29, 1.82) is 0 Å². The second-order valence-electron chi connectivity index (χ2n) is 4.48. The van der Waals surface area contributed by atoms with E-state index in [1.165, 1.54) is 0 Å². The molecule has 0 aliphatic heterocycles. The van der Waals surface area contributed by atoms with Gasteiger partial charge in [0.15, 0.2) is 0 Å². The van der Waals surface area contributed by atoms with Crippen molar-refractivity contribution in [3.63, 3.8) is 0 Å². The smallest absolute Gasteiger partial charge is 0.224 e. The molecule has 2 rings (SSSR count). The lowest BCUT2D eigenvalue weighted by Crippen LogP contribution is -2.20. The standard InChI is InChI=1S/C15H18ClN3/c1-3-4-10-19(13-8-6-5-7-9-13)14-11-12(2)17-15(16)18-14/h5-9,11H,3-4,10H2,1-2H3. The normalized spacial score (nSPS) is 10.5. The lowest BCUT2D eigenvalue weighted by atomic mass is 10.2. The van der Waals surface area contributed by atoms with Crippen LogP contribution in [-0.2, 0) is 0 Å². The maximum Gasteiger partial charge on any atom is 0.224 e. The van der Waals surface area contributed by atoms with E-state index < -0.39 is 0 Å². The van der Waals surface area contributed by atoms with E-state index >= 15 is 0 Å². The fourth-order valence-corrected chi connectivity index (χ4v) is 2.17. The summed E-state index contributed by atoms with van der Waals surface area (Å²) in [6.07, 6.45) is 2.25. The van der Waals surface area contributed by atoms with E-state index in [4.69, 9.17) is 11.6 Å². The third-order valence-corrected chi connectivity index (χ3v) is 3.06. The zero-order chi connectivity index (χ0) is 13.7. The molecule has 0 aliphatic rings. The van der Waals surface area contributed by atoms with E-state index in [1.54, 1.807) is 0 Å². The summed E-state index contributed by atoms with van der Waals surface area (Å²) in [5.74, 6) is 0.858. The van der Waals surface area contributed by atoms with E-state index in [0.29, 0.717) is 5.28 Å². The van der Waals surface area contributed by atoms with Crippen molar-refractivity contribution in [2.24, 2.45) is 0 Å². The van der Waals surface area contributed by atoms with Crippen molar-refractivity contribution in [2.75, 3.05) is 11.4 Å². The Balaban J connectivity index is 2.36. The Bertz CT molecular complexity index is 508. The number of unbranched alkanes of at least 4 members (excludes halogenated alkanes) is 1. The number of para-hydroxylation sites is 1. The first kappa shape index (κ1) is 13.8. The fourth-order valence-electron chi connectivity index (χ4n) is 1.95. The van der Waals surface area contributed by atoms with Crippen LogP contribution in [0.3, 0.4) is 0 Å². The van der Waals surface area contributed by atoms with E-state index in [2.05, 4.69) is 33.9 Å². The molecule has 0 radical (unpaired) electrons. The molecule has 0 saturated heterocycles. The summed E-state index contributed by atoms with van der Waals surface area (Å²) in [6.45, 7) is 5.04. The third kappa shape index (κ3) is 3.67. The molecule has 0 atom stereocenters. The molecule has 0 fully saturated rings. The van der Waals surface area contributed by atoms with Crippen molar-refractivity contribution in [3.05, 3.63) is 47.4 Å². The third-order valence-electron chi connectivity index (χ3n) is 2.89. The molecule has 1 aromatic carbocycles. The number of halogens is 1. The van der Waals surface area contributed by atoms with Gasteiger partial charge in [0.05, 0.1) is 0 Å². The summed E-state index contributed by atoms with van der Waals surface area (Å²) in [5.41, 5.74) is 2.01. The highest BCUT2D eigenvalue weighted by molar-refractivity contribution is 6.28. The average molecular weight is 276 g/mol. The van der Waals surface area contributed by atoms with Crippen molar-refractivity contribution in [1.82, 2.24) is 9.97 Å². The molecule has 0 bridgehead atoms. The second-order valence-corrected chi connectivity index (χ2v) is 4.82. The maximum absolute atomic E-state index is 5.97. The summed E-state index contributed by atoms with van der Waals surface area (Å²) in [6, 6.07) is 12.2. The van der Waals surface area contributed by atoms with Crippen LogP contribution < -0.4 is 4.90 Å². The second kappa shape index (κ2) is 6.53. The van der Waals surface area contributed by atoms with Gasteiger partial charge >= 0.3 is 0 Å². The summed E-state index contributed by atoms with van der Waals surface area (Å²) in [4.78, 5) is 10.6. The minimum absolute atomic E-state index is 0.299. The number of aryl methyl sites for hydroxylation is 1. The van der Waals surface area contributed by atoms with E-state index in [9.17, 15) is 0 Å². The number of anilines is 2. The van der Waals surface area contributed by atoms with Crippen LogP contribution in [0.25, 0.3) is 0 Å². The molecule has 100 valence electrons. The lowest BCUT2D eigenvalue weighted by molar-refractivity contribution is 0.777. The van der Waals surface area contributed by atoms with Gasteiger partial charge in [-0.25, -0.2) is 9.97 Å². The molecule has 0 N–H and O–H groups in total. The van der Waals surface area contributed by atoms with Gasteiger partial charge < -0.3 is 4.90 Å². The Hall–Kier alpha value is -1.61. The van der Waals surface area contributed by atoms with Crippen LogP contribution in [0.4, 0.5) is 11.5 Å². The van der Waals surface area contributed by atoms with E-state index in [-0.39, 0.29) is 0 Å². The zero-order valence-electron chi connectivity index (χ0n) is 11.3. The zero-order valence-corrected chi connectivity index (χ0v) is 12.1. The molecule has 1 heterocycles. The van der Waals surface area contributed by atoms with E-state index in [0.717, 1.165) is 36.6 Å². The molecule has 0 aliphatic carbocycles. The van der Waals surface area contributed by atoms with Gasteiger partial charge in [0.1, 0.15) is 5.82 Å². The first-order valence-corrected chi connectivity index (χ1v) is 6.92. The molecule has 0 saturated carbocycles. The summed E-state index contributed by atoms with van der Waals surface area (Å²) >= 11 is 5.97. The predicted molar refractivity (Wildman–Crippen MR) is 80.1 cm³/mol. The van der Waals surface area contributed by atoms with Gasteiger partial charge in [0.25, 0.3) is 0 Å². The van der Waals surface area contributed by atoms with Gasteiger partial charge in [-0.2, -0.15) is 0 Å². The van der Waals surface area contributed by atoms with Gasteiger partial charge in [0, 0.05) is 24.0 Å². The van der Waals surface area contributed by atoms with Crippen molar-refractivity contribution in [3.8, 4) is 0 Å². The first-order chi connectivity index (χ1) is 9.20. The number of aromatic nitrogens is 2. The van der Waals surface area contributed by atoms with Crippen LogP contribution in [0.5, 0.6) is 0 Å². The highest BCUT2D eigenvalue weighted by Crippen LogP contribution is 2.25. The SMILES string of the molecule is CCCCN(c1ccccc1)c1cc(C)nc(Cl)n1. The van der Waals surface area contributed by atoms with Crippen molar-refractivity contribution < 1.29 is 0 Å². The Kier molecular flexibility index (Phi) is 4.74. The van der Waals surface area contributed by atoms with Crippen molar-refractivity contribution >= 4 is 23.1 Å². The summed E-state index contributed by atoms with van der Waals surface area (Å²) in [5, 5.41) is 0.299. The van der Waals surface area contributed by atoms with Crippen LogP contribution in [-0.4, -0.2) is 16.5 Å². The van der Waals surface area contributed by atoms with Gasteiger partial charge in [-0.1, -0.05) is 31.5 Å². The molecule has 2 aromatic rings. The summed E-state index contributed by atoms with van der Waals surface area (Å²) < 4.78 is 0. The topological polar surface area (TPSA) is 29.0 Å². The molecule has 3 nitrogen and oxygen atoms in total. The van der Waals surface area contributed by atoms with Crippen LogP contribution in [0.1, 0.15) is 25.5 Å². The van der Waals surface area contributed by atoms with Gasteiger partial charge in [-0.05, 0) is 37.1 Å². The van der Waals surface area contributed by atoms with Crippen LogP contribution in [0.15, 0.2) is 36.4 Å². The number of benzene rings is 1. The van der Waals surface area contributed by atoms with Crippen LogP contribution in [0.2, 0.25) is 5.28 Å². The number of hydrogen-bond donors (Lipinski definition) is 0.